The zero-order valence-electron chi connectivity index (χ0n) is 14.5. The number of hydrogen-bond donors (Lipinski definition) is 1. The Bertz CT molecular complexity index is 798. The third-order valence-electron chi connectivity index (χ3n) is 5.15. The van der Waals surface area contributed by atoms with E-state index in [4.69, 9.17) is 0 Å². The Morgan fingerprint density at radius 2 is 1.84 bits per heavy atom. The second kappa shape index (κ2) is 6.33. The van der Waals surface area contributed by atoms with E-state index in [0.717, 1.165) is 11.3 Å². The number of carbonyl (C=O) groups excluding carboxylic acids is 2. The van der Waals surface area contributed by atoms with Crippen LogP contribution in [0.15, 0.2) is 24.3 Å². The van der Waals surface area contributed by atoms with E-state index in [0.29, 0.717) is 32.5 Å². The molecule has 0 aromatic heterocycles. The summed E-state index contributed by atoms with van der Waals surface area (Å²) in [5.41, 5.74) is 1.56. The van der Waals surface area contributed by atoms with Crippen molar-refractivity contribution in [3.8, 4) is 0 Å². The number of benzene rings is 1. The first-order chi connectivity index (χ1) is 11.7. The Morgan fingerprint density at radius 3 is 2.44 bits per heavy atom. The molecule has 0 bridgehead atoms. The standard InChI is InChI=1S/C17H23N3O4S/c1-13(21)18-11-16(22)19-9-7-17(8-10-19)12-20(25(2,23)24)15-6-4-3-5-14(15)17/h3-6H,7-12H2,1-2H3,(H,18,21). The molecule has 3 rings (SSSR count). The van der Waals surface area contributed by atoms with Crippen molar-refractivity contribution < 1.29 is 18.0 Å². The van der Waals surface area contributed by atoms with Gasteiger partial charge in [-0.2, -0.15) is 0 Å². The highest BCUT2D eigenvalue weighted by Crippen LogP contribution is 2.47. The topological polar surface area (TPSA) is 86.8 Å². The number of fused-ring (bicyclic) bond motifs is 2. The van der Waals surface area contributed by atoms with Crippen LogP contribution in [0, 0.1) is 0 Å². The zero-order valence-corrected chi connectivity index (χ0v) is 15.3. The van der Waals surface area contributed by atoms with Crippen LogP contribution < -0.4 is 9.62 Å². The molecule has 0 radical (unpaired) electrons. The summed E-state index contributed by atoms with van der Waals surface area (Å²) in [6, 6.07) is 7.62. The van der Waals surface area contributed by atoms with Gasteiger partial charge >= 0.3 is 0 Å². The van der Waals surface area contributed by atoms with Crippen molar-refractivity contribution >= 4 is 27.5 Å². The minimum atomic E-state index is -3.33. The number of hydrogen-bond acceptors (Lipinski definition) is 4. The number of piperidine rings is 1. The maximum absolute atomic E-state index is 12.2. The van der Waals surface area contributed by atoms with Crippen molar-refractivity contribution in [3.63, 3.8) is 0 Å². The van der Waals surface area contributed by atoms with Crippen LogP contribution in [0.3, 0.4) is 0 Å². The lowest BCUT2D eigenvalue weighted by atomic mass is 9.74. The van der Waals surface area contributed by atoms with Gasteiger partial charge in [0.25, 0.3) is 0 Å². The second-order valence-corrected chi connectivity index (χ2v) is 8.76. The normalized spacial score (nSPS) is 19.0. The van der Waals surface area contributed by atoms with E-state index in [9.17, 15) is 18.0 Å². The number of carbonyl (C=O) groups is 2. The summed E-state index contributed by atoms with van der Waals surface area (Å²) >= 11 is 0. The predicted octanol–water partition coefficient (Wildman–Crippen LogP) is 0.463. The Kier molecular flexibility index (Phi) is 4.49. The number of nitrogens with zero attached hydrogens (tertiary/aromatic N) is 2. The number of nitrogens with one attached hydrogen (secondary N) is 1. The molecular weight excluding hydrogens is 342 g/mol. The molecule has 2 amide bonds. The van der Waals surface area contributed by atoms with E-state index in [1.54, 1.807) is 4.90 Å². The Hall–Kier alpha value is -2.09. The molecule has 0 unspecified atom stereocenters. The Morgan fingerprint density at radius 1 is 1.20 bits per heavy atom. The summed E-state index contributed by atoms with van der Waals surface area (Å²) in [6.07, 6.45) is 2.65. The molecule has 1 fully saturated rings. The molecule has 2 heterocycles. The average molecular weight is 365 g/mol. The van der Waals surface area contributed by atoms with Crippen LogP contribution in [0.4, 0.5) is 5.69 Å². The van der Waals surface area contributed by atoms with Crippen molar-refractivity contribution in [1.29, 1.82) is 0 Å². The molecule has 1 aromatic rings. The number of para-hydroxylation sites is 1. The maximum Gasteiger partial charge on any atom is 0.241 e. The highest BCUT2D eigenvalue weighted by atomic mass is 32.2. The molecule has 1 N–H and O–H groups in total. The van der Waals surface area contributed by atoms with Gasteiger partial charge in [-0.3, -0.25) is 13.9 Å². The molecule has 0 aliphatic carbocycles. The third-order valence-corrected chi connectivity index (χ3v) is 6.28. The van der Waals surface area contributed by atoms with Crippen molar-refractivity contribution in [3.05, 3.63) is 29.8 Å². The first kappa shape index (κ1) is 17.7. The molecule has 2 aliphatic heterocycles. The SMILES string of the molecule is CC(=O)NCC(=O)N1CCC2(CC1)CN(S(C)(=O)=O)c1ccccc12. The van der Waals surface area contributed by atoms with E-state index >= 15 is 0 Å². The van der Waals surface area contributed by atoms with Crippen LogP contribution in [-0.4, -0.2) is 57.6 Å². The molecule has 25 heavy (non-hydrogen) atoms. The lowest BCUT2D eigenvalue weighted by Gasteiger charge is -2.39. The zero-order chi connectivity index (χ0) is 18.2. The number of sulfonamides is 1. The number of amides is 2. The smallest absolute Gasteiger partial charge is 0.241 e. The van der Waals surface area contributed by atoms with Crippen LogP contribution in [0.2, 0.25) is 0 Å². The fraction of sp³-hybridized carbons (Fsp3) is 0.529. The van der Waals surface area contributed by atoms with E-state index < -0.39 is 10.0 Å². The molecule has 0 atom stereocenters. The van der Waals surface area contributed by atoms with Gasteiger partial charge in [-0.1, -0.05) is 18.2 Å². The quantitative estimate of drug-likeness (QED) is 0.843. The summed E-state index contributed by atoms with van der Waals surface area (Å²) < 4.78 is 25.8. The summed E-state index contributed by atoms with van der Waals surface area (Å²) in [7, 11) is -3.33. The van der Waals surface area contributed by atoms with Gasteiger partial charge in [-0.25, -0.2) is 8.42 Å². The Labute approximate surface area is 148 Å². The van der Waals surface area contributed by atoms with Crippen molar-refractivity contribution in [2.75, 3.05) is 36.7 Å². The van der Waals surface area contributed by atoms with Crippen molar-refractivity contribution in [1.82, 2.24) is 10.2 Å². The van der Waals surface area contributed by atoms with Crippen LogP contribution >= 0.6 is 0 Å². The molecule has 1 saturated heterocycles. The fourth-order valence-corrected chi connectivity index (χ4v) is 4.80. The highest BCUT2D eigenvalue weighted by molar-refractivity contribution is 7.92. The monoisotopic (exact) mass is 365 g/mol. The van der Waals surface area contributed by atoms with E-state index in [1.165, 1.54) is 17.5 Å². The molecule has 2 aliphatic rings. The fourth-order valence-electron chi connectivity index (χ4n) is 3.80. The molecule has 0 saturated carbocycles. The third kappa shape index (κ3) is 3.35. The molecular formula is C17H23N3O4S. The van der Waals surface area contributed by atoms with Gasteiger partial charge in [0.2, 0.25) is 21.8 Å². The van der Waals surface area contributed by atoms with E-state index in [2.05, 4.69) is 5.32 Å². The summed E-state index contributed by atoms with van der Waals surface area (Å²) in [5, 5.41) is 2.53. The lowest BCUT2D eigenvalue weighted by molar-refractivity contribution is -0.133. The summed E-state index contributed by atoms with van der Waals surface area (Å²) in [6.45, 7) is 2.94. The van der Waals surface area contributed by atoms with Gasteiger partial charge in [0, 0.05) is 32.0 Å². The molecule has 1 aromatic carbocycles. The van der Waals surface area contributed by atoms with Crippen molar-refractivity contribution in [2.45, 2.75) is 25.2 Å². The number of anilines is 1. The predicted molar refractivity (Wildman–Crippen MR) is 94.8 cm³/mol. The van der Waals surface area contributed by atoms with E-state index in [1.807, 2.05) is 24.3 Å². The van der Waals surface area contributed by atoms with Gasteiger partial charge in [0.15, 0.2) is 0 Å². The largest absolute Gasteiger partial charge is 0.347 e. The first-order valence-corrected chi connectivity index (χ1v) is 10.2. The first-order valence-electron chi connectivity index (χ1n) is 8.32. The minimum absolute atomic E-state index is 0.00832. The van der Waals surface area contributed by atoms with Crippen LogP contribution in [0.1, 0.15) is 25.3 Å². The van der Waals surface area contributed by atoms with Crippen molar-refractivity contribution in [2.24, 2.45) is 0 Å². The van der Waals surface area contributed by atoms with Gasteiger partial charge in [-0.15, -0.1) is 0 Å². The van der Waals surface area contributed by atoms with Crippen LogP contribution in [0.5, 0.6) is 0 Å². The van der Waals surface area contributed by atoms with Gasteiger partial charge in [0.1, 0.15) is 0 Å². The van der Waals surface area contributed by atoms with E-state index in [-0.39, 0.29) is 23.8 Å². The minimum Gasteiger partial charge on any atom is -0.347 e. The van der Waals surface area contributed by atoms with Gasteiger partial charge in [0.05, 0.1) is 18.5 Å². The number of rotatable bonds is 3. The average Bonchev–Trinajstić information content (AvgIpc) is 2.88. The van der Waals surface area contributed by atoms with Gasteiger partial charge in [-0.05, 0) is 24.5 Å². The van der Waals surface area contributed by atoms with Crippen LogP contribution in [0.25, 0.3) is 0 Å². The molecule has 7 nitrogen and oxygen atoms in total. The molecule has 136 valence electrons. The van der Waals surface area contributed by atoms with Gasteiger partial charge < -0.3 is 10.2 Å². The molecule has 1 spiro atoms. The highest BCUT2D eigenvalue weighted by Gasteiger charge is 2.47. The maximum atomic E-state index is 12.2. The lowest BCUT2D eigenvalue weighted by Crippen LogP contribution is -2.49. The summed E-state index contributed by atoms with van der Waals surface area (Å²) in [4.78, 5) is 24.9. The molecule has 8 heteroatoms. The van der Waals surface area contributed by atoms with Crippen LogP contribution in [-0.2, 0) is 25.0 Å². The number of likely N-dealkylation sites (tertiary alicyclic amines) is 1. The Balaban J connectivity index is 1.77. The summed E-state index contributed by atoms with van der Waals surface area (Å²) in [5.74, 6) is -0.327. The second-order valence-electron chi connectivity index (χ2n) is 6.86.